The summed E-state index contributed by atoms with van der Waals surface area (Å²) in [7, 11) is 2.57. The Labute approximate surface area is 147 Å². The van der Waals surface area contributed by atoms with Gasteiger partial charge in [0.25, 0.3) is 0 Å². The summed E-state index contributed by atoms with van der Waals surface area (Å²) in [4.78, 5) is 34.4. The molecule has 0 aliphatic heterocycles. The first-order valence-electron chi connectivity index (χ1n) is 7.23. The number of nitro groups is 1. The van der Waals surface area contributed by atoms with Gasteiger partial charge in [-0.15, -0.1) is 0 Å². The molecule has 0 heterocycles. The summed E-state index contributed by atoms with van der Waals surface area (Å²) >= 11 is 0. The van der Waals surface area contributed by atoms with E-state index in [1.54, 1.807) is 0 Å². The molecule has 8 nitrogen and oxygen atoms in total. The summed E-state index contributed by atoms with van der Waals surface area (Å²) in [6.45, 7) is -0.682. The minimum Gasteiger partial charge on any atom is -0.496 e. The van der Waals surface area contributed by atoms with Crippen LogP contribution in [0.15, 0.2) is 36.4 Å². The van der Waals surface area contributed by atoms with E-state index in [9.17, 15) is 24.1 Å². The molecule has 2 rings (SSSR count). The molecule has 0 fully saturated rings. The lowest BCUT2D eigenvalue weighted by Crippen LogP contribution is -2.15. The summed E-state index contributed by atoms with van der Waals surface area (Å²) in [6.07, 6.45) is 0. The minimum absolute atomic E-state index is 0.0212. The number of methoxy groups -OCH3 is 2. The molecule has 9 heteroatoms. The number of carbonyl (C=O) groups excluding carboxylic acids is 2. The highest BCUT2D eigenvalue weighted by Crippen LogP contribution is 2.28. The second-order valence-electron chi connectivity index (χ2n) is 4.99. The molecule has 0 aliphatic rings. The number of carbonyl (C=O) groups is 2. The Bertz CT molecular complexity index is 866. The third-order valence-corrected chi connectivity index (χ3v) is 3.41. The molecule has 0 aromatic heterocycles. The number of nitrogens with zero attached hydrogens (tertiary/aromatic N) is 1. The number of esters is 1. The number of rotatable bonds is 7. The largest absolute Gasteiger partial charge is 0.496 e. The summed E-state index contributed by atoms with van der Waals surface area (Å²) in [5.74, 6) is -2.16. The van der Waals surface area contributed by atoms with Crippen molar-refractivity contribution in [3.63, 3.8) is 0 Å². The van der Waals surface area contributed by atoms with Gasteiger partial charge in [0.2, 0.25) is 5.78 Å². The Morgan fingerprint density at radius 1 is 1.08 bits per heavy atom. The molecule has 0 bridgehead atoms. The molecular weight excluding hydrogens is 349 g/mol. The van der Waals surface area contributed by atoms with Gasteiger partial charge >= 0.3 is 11.7 Å². The molecule has 0 radical (unpaired) electrons. The number of benzene rings is 2. The van der Waals surface area contributed by atoms with E-state index in [1.807, 2.05) is 0 Å². The third kappa shape index (κ3) is 4.12. The molecule has 0 aliphatic carbocycles. The van der Waals surface area contributed by atoms with Crippen molar-refractivity contribution in [2.24, 2.45) is 0 Å². The van der Waals surface area contributed by atoms with Crippen molar-refractivity contribution >= 4 is 17.4 Å². The van der Waals surface area contributed by atoms with Gasteiger partial charge < -0.3 is 14.2 Å². The van der Waals surface area contributed by atoms with Crippen LogP contribution in [0.25, 0.3) is 0 Å². The van der Waals surface area contributed by atoms with E-state index in [2.05, 4.69) is 0 Å². The van der Waals surface area contributed by atoms with Gasteiger partial charge in [0.1, 0.15) is 11.6 Å². The van der Waals surface area contributed by atoms with E-state index < -0.39 is 34.8 Å². The standard InChI is InChI=1S/C17H14FNO7/c1-24-15-6-4-11(18)8-12(15)14(20)9-26-17(21)10-3-5-16(25-2)13(7-10)19(22)23/h3-8H,9H2,1-2H3. The summed E-state index contributed by atoms with van der Waals surface area (Å²) in [6, 6.07) is 6.85. The second-order valence-corrected chi connectivity index (χ2v) is 4.99. The van der Waals surface area contributed by atoms with Crippen molar-refractivity contribution in [3.05, 3.63) is 63.5 Å². The van der Waals surface area contributed by atoms with Gasteiger partial charge in [0.15, 0.2) is 12.4 Å². The van der Waals surface area contributed by atoms with Gasteiger partial charge in [-0.3, -0.25) is 14.9 Å². The van der Waals surface area contributed by atoms with Crippen LogP contribution in [0.2, 0.25) is 0 Å². The lowest BCUT2D eigenvalue weighted by Gasteiger charge is -2.09. The zero-order valence-electron chi connectivity index (χ0n) is 13.9. The van der Waals surface area contributed by atoms with Crippen LogP contribution in [0.1, 0.15) is 20.7 Å². The lowest BCUT2D eigenvalue weighted by molar-refractivity contribution is -0.385. The smallest absolute Gasteiger partial charge is 0.338 e. The van der Waals surface area contributed by atoms with Crippen molar-refractivity contribution in [3.8, 4) is 11.5 Å². The molecule has 136 valence electrons. The number of ketones is 1. The minimum atomic E-state index is -0.945. The van der Waals surface area contributed by atoms with Crippen LogP contribution < -0.4 is 9.47 Å². The Kier molecular flexibility index (Phi) is 5.84. The van der Waals surface area contributed by atoms with Gasteiger partial charge in [-0.2, -0.15) is 0 Å². The fraction of sp³-hybridized carbons (Fsp3) is 0.176. The Morgan fingerprint density at radius 3 is 2.35 bits per heavy atom. The first kappa shape index (κ1) is 18.8. The maximum atomic E-state index is 13.3. The number of ether oxygens (including phenoxy) is 3. The van der Waals surface area contributed by atoms with Crippen LogP contribution in [0.5, 0.6) is 11.5 Å². The van der Waals surface area contributed by atoms with Crippen LogP contribution in [0, 0.1) is 15.9 Å². The summed E-state index contributed by atoms with van der Waals surface area (Å²) in [5.41, 5.74) is -0.627. The number of halogens is 1. The lowest BCUT2D eigenvalue weighted by atomic mass is 10.1. The predicted molar refractivity (Wildman–Crippen MR) is 87.2 cm³/mol. The highest BCUT2D eigenvalue weighted by atomic mass is 19.1. The molecule has 0 atom stereocenters. The molecular formula is C17H14FNO7. The Balaban J connectivity index is 2.14. The van der Waals surface area contributed by atoms with Gasteiger partial charge in [0, 0.05) is 6.07 Å². The van der Waals surface area contributed by atoms with Crippen LogP contribution in [0.4, 0.5) is 10.1 Å². The molecule has 0 saturated heterocycles. The average molecular weight is 363 g/mol. The Morgan fingerprint density at radius 2 is 1.73 bits per heavy atom. The van der Waals surface area contributed by atoms with E-state index in [-0.39, 0.29) is 22.6 Å². The van der Waals surface area contributed by atoms with E-state index >= 15 is 0 Å². The normalized spacial score (nSPS) is 10.1. The third-order valence-electron chi connectivity index (χ3n) is 3.41. The van der Waals surface area contributed by atoms with Crippen molar-refractivity contribution < 1.29 is 33.1 Å². The SMILES string of the molecule is COc1ccc(F)cc1C(=O)COC(=O)c1ccc(OC)c([N+](=O)[O-])c1. The molecule has 0 unspecified atom stereocenters. The van der Waals surface area contributed by atoms with Gasteiger partial charge in [-0.1, -0.05) is 0 Å². The average Bonchev–Trinajstić information content (AvgIpc) is 2.65. The van der Waals surface area contributed by atoms with Crippen molar-refractivity contribution in [2.45, 2.75) is 0 Å². The maximum absolute atomic E-state index is 13.3. The fourth-order valence-electron chi connectivity index (χ4n) is 2.15. The van der Waals surface area contributed by atoms with E-state index in [0.717, 1.165) is 18.2 Å². The predicted octanol–water partition coefficient (Wildman–Crippen LogP) is 2.79. The zero-order chi connectivity index (χ0) is 19.3. The van der Waals surface area contributed by atoms with Crippen molar-refractivity contribution in [1.29, 1.82) is 0 Å². The molecule has 26 heavy (non-hydrogen) atoms. The molecule has 0 saturated carbocycles. The van der Waals surface area contributed by atoms with E-state index in [4.69, 9.17) is 14.2 Å². The van der Waals surface area contributed by atoms with Crippen molar-refractivity contribution in [1.82, 2.24) is 0 Å². The van der Waals surface area contributed by atoms with Crippen molar-refractivity contribution in [2.75, 3.05) is 20.8 Å². The second kappa shape index (κ2) is 8.06. The number of hydrogen-bond donors (Lipinski definition) is 0. The van der Waals surface area contributed by atoms with Gasteiger partial charge in [-0.25, -0.2) is 9.18 Å². The first-order chi connectivity index (χ1) is 12.4. The van der Waals surface area contributed by atoms with Crippen LogP contribution in [0.3, 0.4) is 0 Å². The van der Waals surface area contributed by atoms with Gasteiger partial charge in [-0.05, 0) is 30.3 Å². The summed E-state index contributed by atoms with van der Waals surface area (Å²) in [5, 5.41) is 11.0. The molecule has 2 aromatic carbocycles. The summed E-state index contributed by atoms with van der Waals surface area (Å²) < 4.78 is 28.0. The van der Waals surface area contributed by atoms with Crippen LogP contribution in [-0.4, -0.2) is 37.5 Å². The first-order valence-corrected chi connectivity index (χ1v) is 7.23. The zero-order valence-corrected chi connectivity index (χ0v) is 13.9. The van der Waals surface area contributed by atoms with Crippen LogP contribution in [-0.2, 0) is 4.74 Å². The van der Waals surface area contributed by atoms with Crippen LogP contribution >= 0.6 is 0 Å². The monoisotopic (exact) mass is 363 g/mol. The molecule has 0 amide bonds. The molecule has 0 N–H and O–H groups in total. The number of Topliss-reactive ketones (excluding diaryl/α,β-unsaturated/α-hetero) is 1. The fourth-order valence-corrected chi connectivity index (χ4v) is 2.15. The van der Waals surface area contributed by atoms with E-state index in [1.165, 1.54) is 32.4 Å². The molecule has 0 spiro atoms. The Hall–Kier alpha value is -3.49. The number of hydrogen-bond acceptors (Lipinski definition) is 7. The van der Waals surface area contributed by atoms with Gasteiger partial charge in [0.05, 0.1) is 30.3 Å². The highest BCUT2D eigenvalue weighted by Gasteiger charge is 2.20. The highest BCUT2D eigenvalue weighted by molar-refractivity contribution is 6.01. The quantitative estimate of drug-likeness (QED) is 0.322. The topological polar surface area (TPSA) is 105 Å². The number of nitro benzene ring substituents is 1. The van der Waals surface area contributed by atoms with E-state index in [0.29, 0.717) is 0 Å². The maximum Gasteiger partial charge on any atom is 0.338 e. The molecule has 2 aromatic rings.